The number of aromatic nitrogens is 2. The van der Waals surface area contributed by atoms with Crippen LogP contribution in [-0.4, -0.2) is 39.9 Å². The molecule has 1 aromatic heterocycles. The number of hydrogen-bond donors (Lipinski definition) is 1. The molecule has 1 aliphatic heterocycles. The highest BCUT2D eigenvalue weighted by molar-refractivity contribution is 5.92. The Morgan fingerprint density at radius 1 is 1.35 bits per heavy atom. The monoisotopic (exact) mass is 276 g/mol. The molecule has 1 aromatic rings. The summed E-state index contributed by atoms with van der Waals surface area (Å²) in [6.07, 6.45) is 2.15. The largest absolute Gasteiger partial charge is 0.352 e. The van der Waals surface area contributed by atoms with Gasteiger partial charge in [0.05, 0.1) is 0 Å². The van der Waals surface area contributed by atoms with Gasteiger partial charge in [-0.05, 0) is 45.6 Å². The lowest BCUT2D eigenvalue weighted by Crippen LogP contribution is -2.38. The van der Waals surface area contributed by atoms with Crippen LogP contribution in [0.3, 0.4) is 0 Å². The molecule has 5 nitrogen and oxygen atoms in total. The zero-order valence-electron chi connectivity index (χ0n) is 12.8. The summed E-state index contributed by atoms with van der Waals surface area (Å²) in [6.45, 7) is 9.84. The average molecular weight is 276 g/mol. The maximum atomic E-state index is 12.5. The van der Waals surface area contributed by atoms with Gasteiger partial charge in [-0.25, -0.2) is 9.97 Å². The molecular weight excluding hydrogens is 252 g/mol. The molecule has 5 heteroatoms. The smallest absolute Gasteiger partial charge is 0.272 e. The van der Waals surface area contributed by atoms with Gasteiger partial charge in [-0.3, -0.25) is 4.79 Å². The summed E-state index contributed by atoms with van der Waals surface area (Å²) in [6, 6.07) is 2.02. The van der Waals surface area contributed by atoms with Crippen LogP contribution in [0.2, 0.25) is 0 Å². The molecule has 0 aromatic carbocycles. The van der Waals surface area contributed by atoms with Crippen molar-refractivity contribution in [1.29, 1.82) is 0 Å². The number of anilines is 1. The van der Waals surface area contributed by atoms with Crippen molar-refractivity contribution in [1.82, 2.24) is 14.9 Å². The Bertz CT molecular complexity index is 479. The lowest BCUT2D eigenvalue weighted by molar-refractivity contribution is 0.0691. The van der Waals surface area contributed by atoms with Crippen molar-refractivity contribution >= 4 is 11.9 Å². The fourth-order valence-corrected chi connectivity index (χ4v) is 2.37. The second kappa shape index (κ2) is 6.20. The Balaban J connectivity index is 2.14. The normalized spacial score (nSPS) is 16.6. The Kier molecular flexibility index (Phi) is 4.57. The summed E-state index contributed by atoms with van der Waals surface area (Å²) in [7, 11) is 0. The lowest BCUT2D eigenvalue weighted by Gasteiger charge is -2.30. The first-order valence-electron chi connectivity index (χ1n) is 7.37. The lowest BCUT2D eigenvalue weighted by atomic mass is 9.99. The molecule has 1 saturated heterocycles. The van der Waals surface area contributed by atoms with E-state index in [0.717, 1.165) is 31.6 Å². The number of hydrogen-bond acceptors (Lipinski definition) is 4. The van der Waals surface area contributed by atoms with E-state index in [-0.39, 0.29) is 11.9 Å². The number of likely N-dealkylation sites (tertiary alicyclic amines) is 1. The van der Waals surface area contributed by atoms with Gasteiger partial charge >= 0.3 is 0 Å². The first-order chi connectivity index (χ1) is 9.45. The molecule has 1 aliphatic rings. The number of piperidine rings is 1. The maximum absolute atomic E-state index is 12.5. The van der Waals surface area contributed by atoms with Gasteiger partial charge in [-0.15, -0.1) is 0 Å². The van der Waals surface area contributed by atoms with E-state index in [2.05, 4.69) is 22.2 Å². The minimum atomic E-state index is 0.0224. The number of carbonyl (C=O) groups is 1. The van der Waals surface area contributed by atoms with Gasteiger partial charge in [0, 0.05) is 24.8 Å². The van der Waals surface area contributed by atoms with Gasteiger partial charge in [0.2, 0.25) is 5.95 Å². The van der Waals surface area contributed by atoms with Crippen molar-refractivity contribution < 1.29 is 4.79 Å². The number of carbonyl (C=O) groups excluding carboxylic acids is 1. The average Bonchev–Trinajstić information content (AvgIpc) is 2.37. The topological polar surface area (TPSA) is 58.1 Å². The molecule has 110 valence electrons. The third-order valence-electron chi connectivity index (χ3n) is 3.56. The van der Waals surface area contributed by atoms with Crippen LogP contribution in [-0.2, 0) is 0 Å². The van der Waals surface area contributed by atoms with E-state index in [0.29, 0.717) is 17.6 Å². The molecule has 2 heterocycles. The molecule has 0 spiro atoms. The summed E-state index contributed by atoms with van der Waals surface area (Å²) in [5, 5.41) is 3.16. The molecule has 0 saturated carbocycles. The molecule has 1 amide bonds. The van der Waals surface area contributed by atoms with Crippen LogP contribution in [0.25, 0.3) is 0 Å². The molecule has 0 bridgehead atoms. The maximum Gasteiger partial charge on any atom is 0.272 e. The summed E-state index contributed by atoms with van der Waals surface area (Å²) in [5.41, 5.74) is 1.31. The zero-order chi connectivity index (χ0) is 14.7. The van der Waals surface area contributed by atoms with Crippen molar-refractivity contribution in [3.63, 3.8) is 0 Å². The van der Waals surface area contributed by atoms with Crippen LogP contribution in [0.1, 0.15) is 49.8 Å². The van der Waals surface area contributed by atoms with Crippen LogP contribution in [0.4, 0.5) is 5.95 Å². The molecule has 20 heavy (non-hydrogen) atoms. The number of rotatable bonds is 3. The van der Waals surface area contributed by atoms with Crippen molar-refractivity contribution in [2.75, 3.05) is 18.4 Å². The van der Waals surface area contributed by atoms with Gasteiger partial charge < -0.3 is 10.2 Å². The summed E-state index contributed by atoms with van der Waals surface area (Å²) < 4.78 is 0. The van der Waals surface area contributed by atoms with Crippen LogP contribution in [0.15, 0.2) is 6.07 Å². The van der Waals surface area contributed by atoms with Crippen molar-refractivity contribution in [2.24, 2.45) is 5.92 Å². The first-order valence-corrected chi connectivity index (χ1v) is 7.37. The van der Waals surface area contributed by atoms with E-state index in [1.165, 1.54) is 0 Å². The number of amides is 1. The highest BCUT2D eigenvalue weighted by atomic mass is 16.2. The summed E-state index contributed by atoms with van der Waals surface area (Å²) in [4.78, 5) is 23.1. The van der Waals surface area contributed by atoms with Crippen LogP contribution < -0.4 is 5.32 Å². The van der Waals surface area contributed by atoms with Crippen molar-refractivity contribution in [3.8, 4) is 0 Å². The van der Waals surface area contributed by atoms with E-state index >= 15 is 0 Å². The van der Waals surface area contributed by atoms with Gasteiger partial charge in [0.1, 0.15) is 5.69 Å². The molecule has 0 atom stereocenters. The third kappa shape index (κ3) is 3.68. The Hall–Kier alpha value is -1.65. The fourth-order valence-electron chi connectivity index (χ4n) is 2.37. The Morgan fingerprint density at radius 2 is 2.00 bits per heavy atom. The Labute approximate surface area is 120 Å². The van der Waals surface area contributed by atoms with Gasteiger partial charge in [0.25, 0.3) is 5.91 Å². The third-order valence-corrected chi connectivity index (χ3v) is 3.56. The van der Waals surface area contributed by atoms with E-state index in [4.69, 9.17) is 0 Å². The fraction of sp³-hybridized carbons (Fsp3) is 0.667. The first kappa shape index (κ1) is 14.8. The standard InChI is InChI=1S/C15H24N4O/c1-10(2)16-15-17-12(4)9-13(18-15)14(20)19-7-5-11(3)6-8-19/h9-11H,5-8H2,1-4H3,(H,16,17,18). The molecule has 1 N–H and O–H groups in total. The van der Waals surface area contributed by atoms with Crippen LogP contribution >= 0.6 is 0 Å². The van der Waals surface area contributed by atoms with Crippen LogP contribution in [0.5, 0.6) is 0 Å². The number of aryl methyl sites for hydroxylation is 1. The second-order valence-corrected chi connectivity index (χ2v) is 5.99. The molecule has 2 rings (SSSR count). The molecule has 0 unspecified atom stereocenters. The van der Waals surface area contributed by atoms with Gasteiger partial charge in [0.15, 0.2) is 0 Å². The molecule has 0 aliphatic carbocycles. The Morgan fingerprint density at radius 3 is 2.60 bits per heavy atom. The molecule has 1 fully saturated rings. The van der Waals surface area contributed by atoms with Crippen molar-refractivity contribution in [2.45, 2.75) is 46.6 Å². The summed E-state index contributed by atoms with van der Waals surface area (Å²) in [5.74, 6) is 1.27. The van der Waals surface area contributed by atoms with E-state index in [1.807, 2.05) is 25.7 Å². The van der Waals surface area contributed by atoms with Crippen LogP contribution in [0, 0.1) is 12.8 Å². The minimum Gasteiger partial charge on any atom is -0.352 e. The van der Waals surface area contributed by atoms with E-state index in [9.17, 15) is 4.79 Å². The highest BCUT2D eigenvalue weighted by Gasteiger charge is 2.23. The van der Waals surface area contributed by atoms with Gasteiger partial charge in [-0.1, -0.05) is 6.92 Å². The van der Waals surface area contributed by atoms with E-state index < -0.39 is 0 Å². The summed E-state index contributed by atoms with van der Waals surface area (Å²) >= 11 is 0. The highest BCUT2D eigenvalue weighted by Crippen LogP contribution is 2.18. The zero-order valence-corrected chi connectivity index (χ0v) is 12.8. The molecule has 0 radical (unpaired) electrons. The quantitative estimate of drug-likeness (QED) is 0.921. The minimum absolute atomic E-state index is 0.0224. The predicted molar refractivity (Wildman–Crippen MR) is 79.8 cm³/mol. The molecular formula is C15H24N4O. The van der Waals surface area contributed by atoms with Gasteiger partial charge in [-0.2, -0.15) is 0 Å². The second-order valence-electron chi connectivity index (χ2n) is 5.99. The SMILES string of the molecule is Cc1cc(C(=O)N2CCC(C)CC2)nc(NC(C)C)n1. The predicted octanol–water partition coefficient (Wildman–Crippen LogP) is 2.48. The number of nitrogens with one attached hydrogen (secondary N) is 1. The van der Waals surface area contributed by atoms with E-state index in [1.54, 1.807) is 6.07 Å². The number of nitrogens with zero attached hydrogens (tertiary/aromatic N) is 3. The van der Waals surface area contributed by atoms with Crippen molar-refractivity contribution in [3.05, 3.63) is 17.5 Å².